The molecule has 0 saturated heterocycles. The molecule has 32 heavy (non-hydrogen) atoms. The predicted molar refractivity (Wildman–Crippen MR) is 127 cm³/mol. The van der Waals surface area contributed by atoms with Crippen molar-refractivity contribution >= 4 is 5.91 Å². The number of hydrogen-bond acceptors (Lipinski definition) is 4. The van der Waals surface area contributed by atoms with Crippen molar-refractivity contribution in [2.75, 3.05) is 20.8 Å². The standard InChI is InChI=1S/C27H31NO4/c1-18-10-12-22(27(30)19(18)2)23(21-8-6-5-7-9-21)17-26(29)28-15-14-20-11-13-24(31-3)25(16-20)32-4/h5-13,16,23,30H,14-15,17H2,1-4H3,(H,28,29)/t23-/m0/s1. The van der Waals surface area contributed by atoms with Gasteiger partial charge in [0.05, 0.1) is 14.2 Å². The van der Waals surface area contributed by atoms with Crippen molar-refractivity contribution in [3.8, 4) is 17.2 Å². The molecule has 0 radical (unpaired) electrons. The summed E-state index contributed by atoms with van der Waals surface area (Å²) in [6.45, 7) is 4.38. The molecule has 0 bridgehead atoms. The number of rotatable bonds is 9. The number of benzene rings is 3. The summed E-state index contributed by atoms with van der Waals surface area (Å²) in [6.07, 6.45) is 0.934. The maximum atomic E-state index is 12.8. The van der Waals surface area contributed by atoms with E-state index in [4.69, 9.17) is 9.47 Å². The van der Waals surface area contributed by atoms with Crippen molar-refractivity contribution in [3.63, 3.8) is 0 Å². The van der Waals surface area contributed by atoms with E-state index in [0.29, 0.717) is 24.5 Å². The summed E-state index contributed by atoms with van der Waals surface area (Å²) in [7, 11) is 3.21. The molecular weight excluding hydrogens is 402 g/mol. The van der Waals surface area contributed by atoms with Gasteiger partial charge in [0.25, 0.3) is 0 Å². The monoisotopic (exact) mass is 433 g/mol. The highest BCUT2D eigenvalue weighted by Gasteiger charge is 2.22. The minimum Gasteiger partial charge on any atom is -0.507 e. The van der Waals surface area contributed by atoms with E-state index in [1.807, 2.05) is 74.5 Å². The molecule has 3 rings (SSSR count). The molecule has 0 fully saturated rings. The number of aryl methyl sites for hydroxylation is 1. The lowest BCUT2D eigenvalue weighted by molar-refractivity contribution is -0.121. The first-order valence-electron chi connectivity index (χ1n) is 10.8. The highest BCUT2D eigenvalue weighted by molar-refractivity contribution is 5.78. The first kappa shape index (κ1) is 23.2. The zero-order valence-electron chi connectivity index (χ0n) is 19.1. The van der Waals surface area contributed by atoms with E-state index in [0.717, 1.165) is 27.8 Å². The molecular formula is C27H31NO4. The fourth-order valence-electron chi connectivity index (χ4n) is 3.84. The van der Waals surface area contributed by atoms with Gasteiger partial charge in [-0.3, -0.25) is 4.79 Å². The molecule has 0 aliphatic carbocycles. The van der Waals surface area contributed by atoms with Gasteiger partial charge in [0, 0.05) is 24.4 Å². The van der Waals surface area contributed by atoms with Crippen LogP contribution in [-0.4, -0.2) is 31.8 Å². The molecule has 1 amide bonds. The van der Waals surface area contributed by atoms with E-state index in [1.54, 1.807) is 14.2 Å². The van der Waals surface area contributed by atoms with Gasteiger partial charge in [-0.15, -0.1) is 0 Å². The third-order valence-corrected chi connectivity index (χ3v) is 5.88. The summed E-state index contributed by atoms with van der Waals surface area (Å²) in [5.74, 6) is 1.33. The Labute approximate surface area is 190 Å². The van der Waals surface area contributed by atoms with Crippen molar-refractivity contribution in [1.82, 2.24) is 5.32 Å². The summed E-state index contributed by atoms with van der Waals surface area (Å²) < 4.78 is 10.6. The number of phenolic OH excluding ortho intramolecular Hbond substituents is 1. The molecule has 168 valence electrons. The number of amides is 1. The highest BCUT2D eigenvalue weighted by Crippen LogP contribution is 2.36. The van der Waals surface area contributed by atoms with Crippen LogP contribution in [-0.2, 0) is 11.2 Å². The molecule has 0 unspecified atom stereocenters. The number of aromatic hydroxyl groups is 1. The van der Waals surface area contributed by atoms with Crippen LogP contribution in [0.5, 0.6) is 17.2 Å². The molecule has 5 heteroatoms. The maximum Gasteiger partial charge on any atom is 0.220 e. The van der Waals surface area contributed by atoms with Crippen molar-refractivity contribution in [3.05, 3.63) is 88.5 Å². The first-order valence-corrected chi connectivity index (χ1v) is 10.8. The number of methoxy groups -OCH3 is 2. The lowest BCUT2D eigenvalue weighted by atomic mass is 9.86. The quantitative estimate of drug-likeness (QED) is 0.503. The SMILES string of the molecule is COc1ccc(CCNC(=O)C[C@@H](c2ccccc2)c2ccc(C)c(C)c2O)cc1OC. The van der Waals surface area contributed by atoms with Crippen LogP contribution >= 0.6 is 0 Å². The summed E-state index contributed by atoms with van der Waals surface area (Å²) >= 11 is 0. The van der Waals surface area contributed by atoms with Gasteiger partial charge >= 0.3 is 0 Å². The third-order valence-electron chi connectivity index (χ3n) is 5.88. The molecule has 0 saturated carbocycles. The fourth-order valence-corrected chi connectivity index (χ4v) is 3.84. The van der Waals surface area contributed by atoms with Crippen LogP contribution in [0.15, 0.2) is 60.7 Å². The second-order valence-electron chi connectivity index (χ2n) is 7.90. The maximum absolute atomic E-state index is 12.8. The molecule has 1 atom stereocenters. The van der Waals surface area contributed by atoms with Crippen LogP contribution in [0, 0.1) is 13.8 Å². The zero-order valence-corrected chi connectivity index (χ0v) is 19.1. The van der Waals surface area contributed by atoms with E-state index in [2.05, 4.69) is 5.32 Å². The number of carbonyl (C=O) groups excluding carboxylic acids is 1. The van der Waals surface area contributed by atoms with E-state index >= 15 is 0 Å². The minimum atomic E-state index is -0.225. The highest BCUT2D eigenvalue weighted by atomic mass is 16.5. The van der Waals surface area contributed by atoms with Crippen molar-refractivity contribution in [1.29, 1.82) is 0 Å². The summed E-state index contributed by atoms with van der Waals surface area (Å²) in [5, 5.41) is 13.8. The molecule has 2 N–H and O–H groups in total. The van der Waals surface area contributed by atoms with Crippen LogP contribution < -0.4 is 14.8 Å². The summed E-state index contributed by atoms with van der Waals surface area (Å²) in [4.78, 5) is 12.8. The molecule has 0 heterocycles. The van der Waals surface area contributed by atoms with Crippen LogP contribution in [0.1, 0.15) is 40.2 Å². The second kappa shape index (κ2) is 10.7. The van der Waals surface area contributed by atoms with E-state index in [-0.39, 0.29) is 24.0 Å². The Morgan fingerprint density at radius 1 is 0.969 bits per heavy atom. The Balaban J connectivity index is 1.71. The molecule has 3 aromatic carbocycles. The van der Waals surface area contributed by atoms with Gasteiger partial charge < -0.3 is 19.9 Å². The van der Waals surface area contributed by atoms with Crippen molar-refractivity contribution in [2.45, 2.75) is 32.6 Å². The molecule has 5 nitrogen and oxygen atoms in total. The van der Waals surface area contributed by atoms with Gasteiger partial charge in [0.2, 0.25) is 5.91 Å². The number of hydrogen-bond donors (Lipinski definition) is 2. The van der Waals surface area contributed by atoms with E-state index in [1.165, 1.54) is 0 Å². The van der Waals surface area contributed by atoms with E-state index in [9.17, 15) is 9.90 Å². The Hall–Kier alpha value is -3.47. The predicted octanol–water partition coefficient (Wildman–Crippen LogP) is 4.91. The van der Waals surface area contributed by atoms with Crippen LogP contribution in [0.2, 0.25) is 0 Å². The molecule has 3 aromatic rings. The number of phenols is 1. The largest absolute Gasteiger partial charge is 0.507 e. The average molecular weight is 434 g/mol. The van der Waals surface area contributed by atoms with Gasteiger partial charge in [-0.2, -0.15) is 0 Å². The normalized spacial score (nSPS) is 11.6. The Morgan fingerprint density at radius 3 is 2.38 bits per heavy atom. The Morgan fingerprint density at radius 2 is 1.69 bits per heavy atom. The fraction of sp³-hybridized carbons (Fsp3) is 0.296. The first-order chi connectivity index (χ1) is 15.4. The lowest BCUT2D eigenvalue weighted by Gasteiger charge is -2.21. The molecule has 0 aliphatic heterocycles. The minimum absolute atomic E-state index is 0.0584. The van der Waals surface area contributed by atoms with Gasteiger partial charge in [-0.05, 0) is 54.7 Å². The van der Waals surface area contributed by atoms with Crippen LogP contribution in [0.4, 0.5) is 0 Å². The van der Waals surface area contributed by atoms with Crippen molar-refractivity contribution < 1.29 is 19.4 Å². The number of ether oxygens (including phenoxy) is 2. The van der Waals surface area contributed by atoms with Crippen LogP contribution in [0.3, 0.4) is 0 Å². The van der Waals surface area contributed by atoms with Gasteiger partial charge in [-0.1, -0.05) is 48.5 Å². The molecule has 0 aromatic heterocycles. The Kier molecular flexibility index (Phi) is 7.77. The smallest absolute Gasteiger partial charge is 0.220 e. The molecule has 0 spiro atoms. The summed E-state index contributed by atoms with van der Waals surface area (Å²) in [5.41, 5.74) is 4.69. The van der Waals surface area contributed by atoms with Crippen LogP contribution in [0.25, 0.3) is 0 Å². The second-order valence-corrected chi connectivity index (χ2v) is 7.90. The molecule has 0 aliphatic rings. The van der Waals surface area contributed by atoms with E-state index < -0.39 is 0 Å². The Bertz CT molecular complexity index is 1060. The topological polar surface area (TPSA) is 67.8 Å². The van der Waals surface area contributed by atoms with Crippen molar-refractivity contribution in [2.24, 2.45) is 0 Å². The van der Waals surface area contributed by atoms with Gasteiger partial charge in [-0.25, -0.2) is 0 Å². The lowest BCUT2D eigenvalue weighted by Crippen LogP contribution is -2.27. The average Bonchev–Trinajstić information content (AvgIpc) is 2.82. The number of carbonyl (C=O) groups is 1. The third kappa shape index (κ3) is 5.41. The van der Waals surface area contributed by atoms with Gasteiger partial charge in [0.15, 0.2) is 11.5 Å². The zero-order chi connectivity index (χ0) is 23.1. The van der Waals surface area contributed by atoms with Gasteiger partial charge in [0.1, 0.15) is 5.75 Å². The number of nitrogens with one attached hydrogen (secondary N) is 1. The summed E-state index contributed by atoms with van der Waals surface area (Å²) in [6, 6.07) is 19.5.